The molecule has 27 heavy (non-hydrogen) atoms. The van der Waals surface area contributed by atoms with Gasteiger partial charge in [0.05, 0.1) is 7.11 Å². The summed E-state index contributed by atoms with van der Waals surface area (Å²) in [6, 6.07) is 12.4. The molecular weight excluding hydrogens is 340 g/mol. The number of carbonyl (C=O) groups is 2. The maximum atomic E-state index is 12.4. The van der Waals surface area contributed by atoms with Crippen molar-refractivity contribution in [1.82, 2.24) is 10.4 Å². The molecule has 0 spiro atoms. The van der Waals surface area contributed by atoms with Gasteiger partial charge in [-0.05, 0) is 38.1 Å². The second-order valence-electron chi connectivity index (χ2n) is 6.31. The van der Waals surface area contributed by atoms with Crippen LogP contribution in [0.25, 0.3) is 0 Å². The van der Waals surface area contributed by atoms with Crippen LogP contribution in [0.5, 0.6) is 5.75 Å². The third kappa shape index (κ3) is 6.44. The number of aryl methyl sites for hydroxylation is 1. The topological polar surface area (TPSA) is 58.6 Å². The Morgan fingerprint density at radius 2 is 1.67 bits per heavy atom. The Morgan fingerprint density at radius 3 is 2.22 bits per heavy atom. The molecule has 2 rings (SSSR count). The molecule has 2 aromatic carbocycles. The van der Waals surface area contributed by atoms with Crippen LogP contribution >= 0.6 is 0 Å². The Balaban J connectivity index is 0.000000828. The van der Waals surface area contributed by atoms with Crippen LogP contribution in [0, 0.1) is 13.8 Å². The van der Waals surface area contributed by atoms with E-state index in [2.05, 4.69) is 19.3 Å². The second-order valence-corrected chi connectivity index (χ2v) is 6.31. The quantitative estimate of drug-likeness (QED) is 0.804. The smallest absolute Gasteiger partial charge is 0.272 e. The van der Waals surface area contributed by atoms with E-state index >= 15 is 0 Å². The first-order chi connectivity index (χ1) is 12.8. The highest BCUT2D eigenvalue weighted by Crippen LogP contribution is 2.20. The fourth-order valence-electron chi connectivity index (χ4n) is 2.32. The zero-order valence-electron chi connectivity index (χ0n) is 17.1. The number of carbonyl (C=O) groups excluding carboxylic acids is 2. The molecule has 0 aliphatic heterocycles. The van der Waals surface area contributed by atoms with Crippen LogP contribution in [0.4, 0.5) is 0 Å². The predicted octanol–water partition coefficient (Wildman–Crippen LogP) is 4.54. The van der Waals surface area contributed by atoms with Gasteiger partial charge in [0.15, 0.2) is 0 Å². The van der Waals surface area contributed by atoms with E-state index in [0.29, 0.717) is 16.9 Å². The molecule has 0 aliphatic rings. The molecule has 0 unspecified atom stereocenters. The zero-order valence-corrected chi connectivity index (χ0v) is 17.1. The van der Waals surface area contributed by atoms with Gasteiger partial charge < -0.3 is 4.74 Å². The fraction of sp³-hybridized carbons (Fsp3) is 0.364. The van der Waals surface area contributed by atoms with Crippen molar-refractivity contribution in [1.29, 1.82) is 0 Å². The largest absolute Gasteiger partial charge is 0.496 e. The van der Waals surface area contributed by atoms with Crippen molar-refractivity contribution in [3.63, 3.8) is 0 Å². The first-order valence-corrected chi connectivity index (χ1v) is 9.14. The normalized spacial score (nSPS) is 9.70. The van der Waals surface area contributed by atoms with Gasteiger partial charge in [0, 0.05) is 23.7 Å². The second kappa shape index (κ2) is 11.0. The molecule has 5 nitrogen and oxygen atoms in total. The Kier molecular flexibility index (Phi) is 9.06. The molecule has 0 bridgehead atoms. The van der Waals surface area contributed by atoms with E-state index in [4.69, 9.17) is 4.74 Å². The summed E-state index contributed by atoms with van der Waals surface area (Å²) >= 11 is 0. The lowest BCUT2D eigenvalue weighted by atomic mass is 10.1. The summed E-state index contributed by atoms with van der Waals surface area (Å²) in [5.41, 5.74) is 5.30. The van der Waals surface area contributed by atoms with E-state index in [-0.39, 0.29) is 11.8 Å². The number of nitrogens with one attached hydrogen (secondary N) is 1. The highest BCUT2D eigenvalue weighted by molar-refractivity contribution is 6.00. The van der Waals surface area contributed by atoms with Gasteiger partial charge in [-0.3, -0.25) is 20.0 Å². The number of nitrogens with zero attached hydrogens (tertiary/aromatic N) is 1. The van der Waals surface area contributed by atoms with Gasteiger partial charge in [0.2, 0.25) is 0 Å². The molecule has 2 amide bonds. The van der Waals surface area contributed by atoms with Gasteiger partial charge in [-0.1, -0.05) is 50.5 Å². The van der Waals surface area contributed by atoms with Gasteiger partial charge in [-0.2, -0.15) is 0 Å². The molecule has 1 N–H and O–H groups in total. The third-order valence-corrected chi connectivity index (χ3v) is 4.09. The van der Waals surface area contributed by atoms with Crippen molar-refractivity contribution in [3.8, 4) is 5.75 Å². The molecule has 146 valence electrons. The molecule has 0 atom stereocenters. The number of hydrogen-bond acceptors (Lipinski definition) is 3. The maximum Gasteiger partial charge on any atom is 0.272 e. The molecule has 0 aromatic heterocycles. The summed E-state index contributed by atoms with van der Waals surface area (Å²) < 4.78 is 5.21. The van der Waals surface area contributed by atoms with Crippen molar-refractivity contribution in [2.75, 3.05) is 14.2 Å². The minimum absolute atomic E-state index is 0.275. The average molecular weight is 370 g/mol. The van der Waals surface area contributed by atoms with Gasteiger partial charge in [0.1, 0.15) is 5.75 Å². The first kappa shape index (κ1) is 22.2. The first-order valence-electron chi connectivity index (χ1n) is 9.14. The number of benzene rings is 2. The molecule has 0 saturated heterocycles. The van der Waals surface area contributed by atoms with Crippen LogP contribution in [-0.2, 0) is 0 Å². The number of unbranched alkanes of at least 4 members (excludes halogenated alkanes) is 1. The van der Waals surface area contributed by atoms with Crippen molar-refractivity contribution in [2.24, 2.45) is 0 Å². The Morgan fingerprint density at radius 1 is 1.04 bits per heavy atom. The maximum absolute atomic E-state index is 12.4. The molecule has 0 radical (unpaired) electrons. The highest BCUT2D eigenvalue weighted by atomic mass is 16.5. The minimum atomic E-state index is -0.357. The molecule has 5 heteroatoms. The number of hydrazine groups is 1. The molecule has 2 aromatic rings. The Bertz CT molecular complexity index is 770. The van der Waals surface area contributed by atoms with Gasteiger partial charge >= 0.3 is 0 Å². The number of ether oxygens (including phenoxy) is 1. The van der Waals surface area contributed by atoms with Crippen LogP contribution in [0.2, 0.25) is 0 Å². The van der Waals surface area contributed by atoms with Crippen molar-refractivity contribution < 1.29 is 14.3 Å². The monoisotopic (exact) mass is 370 g/mol. The predicted molar refractivity (Wildman–Crippen MR) is 109 cm³/mol. The number of methoxy groups -OCH3 is 1. The highest BCUT2D eigenvalue weighted by Gasteiger charge is 2.17. The number of rotatable bonds is 4. The van der Waals surface area contributed by atoms with E-state index in [9.17, 15) is 9.59 Å². The number of amides is 2. The van der Waals surface area contributed by atoms with Gasteiger partial charge in [0.25, 0.3) is 11.8 Å². The van der Waals surface area contributed by atoms with Gasteiger partial charge in [-0.15, -0.1) is 0 Å². The molecular formula is C22H30N2O3. The van der Waals surface area contributed by atoms with Crippen LogP contribution in [0.15, 0.2) is 42.5 Å². The summed E-state index contributed by atoms with van der Waals surface area (Å²) in [5.74, 6) is -0.00202. The van der Waals surface area contributed by atoms with E-state index in [0.717, 1.165) is 11.1 Å². The van der Waals surface area contributed by atoms with Crippen molar-refractivity contribution in [2.45, 2.75) is 40.5 Å². The SMILES string of the molecule is CCCC.COc1cccc(C(=O)NN(C)C(=O)c2cccc(C)c2)c1C. The Labute approximate surface area is 162 Å². The van der Waals surface area contributed by atoms with Crippen LogP contribution in [0.1, 0.15) is 58.5 Å². The lowest BCUT2D eigenvalue weighted by molar-refractivity contribution is 0.0636. The molecule has 0 saturated carbocycles. The summed E-state index contributed by atoms with van der Waals surface area (Å²) in [6.45, 7) is 8.07. The average Bonchev–Trinajstić information content (AvgIpc) is 2.67. The summed E-state index contributed by atoms with van der Waals surface area (Å²) in [4.78, 5) is 24.7. The summed E-state index contributed by atoms with van der Waals surface area (Å²) in [5, 5.41) is 1.19. The third-order valence-electron chi connectivity index (χ3n) is 4.09. The van der Waals surface area contributed by atoms with Crippen molar-refractivity contribution in [3.05, 3.63) is 64.7 Å². The minimum Gasteiger partial charge on any atom is -0.496 e. The van der Waals surface area contributed by atoms with E-state index in [1.54, 1.807) is 44.4 Å². The number of hydrogen-bond donors (Lipinski definition) is 1. The van der Waals surface area contributed by atoms with Crippen LogP contribution in [0.3, 0.4) is 0 Å². The van der Waals surface area contributed by atoms with Gasteiger partial charge in [-0.25, -0.2) is 0 Å². The Hall–Kier alpha value is -2.82. The molecule has 0 aliphatic carbocycles. The summed E-state index contributed by atoms with van der Waals surface area (Å²) in [7, 11) is 3.08. The summed E-state index contributed by atoms with van der Waals surface area (Å²) in [6.07, 6.45) is 2.64. The van der Waals surface area contributed by atoms with E-state index in [1.165, 1.54) is 24.9 Å². The molecule has 0 heterocycles. The lowest BCUT2D eigenvalue weighted by Gasteiger charge is -2.19. The van der Waals surface area contributed by atoms with Crippen LogP contribution < -0.4 is 10.2 Å². The van der Waals surface area contributed by atoms with E-state index in [1.807, 2.05) is 19.1 Å². The zero-order chi connectivity index (χ0) is 20.4. The van der Waals surface area contributed by atoms with E-state index < -0.39 is 0 Å². The standard InChI is InChI=1S/C18H20N2O3.C4H10/c1-12-7-5-8-14(11-12)18(22)20(3)19-17(21)15-9-6-10-16(23-4)13(15)2;1-3-4-2/h5-11H,1-4H3,(H,19,21);3-4H2,1-2H3. The molecule has 0 fully saturated rings. The van der Waals surface area contributed by atoms with Crippen molar-refractivity contribution >= 4 is 11.8 Å². The van der Waals surface area contributed by atoms with Crippen LogP contribution in [-0.4, -0.2) is 31.0 Å². The lowest BCUT2D eigenvalue weighted by Crippen LogP contribution is -2.43. The fourth-order valence-corrected chi connectivity index (χ4v) is 2.32.